The third-order valence-electron chi connectivity index (χ3n) is 4.03. The fourth-order valence-corrected chi connectivity index (χ4v) is 2.62. The van der Waals surface area contributed by atoms with E-state index in [0.717, 1.165) is 38.4 Å². The molecule has 22 heavy (non-hydrogen) atoms. The maximum absolute atomic E-state index is 12.9. The number of rotatable bonds is 3. The van der Waals surface area contributed by atoms with Crippen molar-refractivity contribution >= 4 is 5.91 Å². The van der Waals surface area contributed by atoms with E-state index < -0.39 is 0 Å². The molecule has 3 rings (SSSR count). The number of likely N-dealkylation sites (N-methyl/N-ethyl adjacent to an activating group) is 1. The van der Waals surface area contributed by atoms with E-state index >= 15 is 0 Å². The van der Waals surface area contributed by atoms with Crippen molar-refractivity contribution in [1.29, 1.82) is 0 Å². The normalized spacial score (nSPS) is 16.0. The molecule has 1 aliphatic heterocycles. The molecule has 2 aromatic rings. The number of piperazine rings is 1. The van der Waals surface area contributed by atoms with Crippen LogP contribution in [0.2, 0.25) is 0 Å². The van der Waals surface area contributed by atoms with Crippen molar-refractivity contribution < 1.29 is 9.18 Å². The summed E-state index contributed by atoms with van der Waals surface area (Å²) in [4.78, 5) is 20.8. The van der Waals surface area contributed by atoms with Crippen LogP contribution in [0.3, 0.4) is 0 Å². The molecule has 1 aromatic carbocycles. The van der Waals surface area contributed by atoms with Crippen molar-refractivity contribution in [1.82, 2.24) is 19.4 Å². The summed E-state index contributed by atoms with van der Waals surface area (Å²) >= 11 is 0. The minimum absolute atomic E-state index is 0.0448. The van der Waals surface area contributed by atoms with E-state index in [0.29, 0.717) is 5.69 Å². The van der Waals surface area contributed by atoms with Gasteiger partial charge in [0, 0.05) is 38.1 Å². The topological polar surface area (TPSA) is 41.4 Å². The number of hydrogen-bond acceptors (Lipinski definition) is 3. The minimum Gasteiger partial charge on any atom is -0.335 e. The molecule has 6 heteroatoms. The molecule has 1 fully saturated rings. The molecule has 0 atom stereocenters. The van der Waals surface area contributed by atoms with Gasteiger partial charge in [0.25, 0.3) is 5.91 Å². The van der Waals surface area contributed by atoms with Crippen LogP contribution < -0.4 is 0 Å². The van der Waals surface area contributed by atoms with Crippen LogP contribution in [0.25, 0.3) is 5.69 Å². The average Bonchev–Trinajstić information content (AvgIpc) is 3.05. The Labute approximate surface area is 129 Å². The molecule has 0 saturated carbocycles. The zero-order chi connectivity index (χ0) is 15.5. The molecule has 0 bridgehead atoms. The van der Waals surface area contributed by atoms with Crippen molar-refractivity contribution in [3.05, 3.63) is 48.3 Å². The van der Waals surface area contributed by atoms with Crippen LogP contribution in [-0.4, -0.2) is 58.0 Å². The third-order valence-corrected chi connectivity index (χ3v) is 4.03. The molecule has 0 N–H and O–H groups in total. The van der Waals surface area contributed by atoms with E-state index in [-0.39, 0.29) is 11.7 Å². The summed E-state index contributed by atoms with van der Waals surface area (Å²) in [6.45, 7) is 6.41. The summed E-state index contributed by atoms with van der Waals surface area (Å²) in [5, 5.41) is 0. The number of carbonyl (C=O) groups is 1. The van der Waals surface area contributed by atoms with E-state index in [4.69, 9.17) is 0 Å². The molecular formula is C16H19FN4O. The quantitative estimate of drug-likeness (QED) is 0.868. The largest absolute Gasteiger partial charge is 0.335 e. The van der Waals surface area contributed by atoms with Crippen molar-refractivity contribution in [2.75, 3.05) is 32.7 Å². The molecule has 116 valence electrons. The van der Waals surface area contributed by atoms with Crippen molar-refractivity contribution in [3.8, 4) is 5.69 Å². The SMILES string of the molecule is CCN1CCN(C(=O)c2cn(-c3ccc(F)cc3)cn2)CC1. The van der Waals surface area contributed by atoms with Crippen LogP contribution in [0, 0.1) is 5.82 Å². The molecule has 0 unspecified atom stereocenters. The first-order valence-electron chi connectivity index (χ1n) is 7.49. The van der Waals surface area contributed by atoms with Gasteiger partial charge in [-0.1, -0.05) is 6.92 Å². The third kappa shape index (κ3) is 3.01. The summed E-state index contributed by atoms with van der Waals surface area (Å²) in [5.41, 5.74) is 1.21. The molecule has 5 nitrogen and oxygen atoms in total. The van der Waals surface area contributed by atoms with Crippen molar-refractivity contribution in [2.24, 2.45) is 0 Å². The van der Waals surface area contributed by atoms with Gasteiger partial charge >= 0.3 is 0 Å². The number of hydrogen-bond donors (Lipinski definition) is 0. The second-order valence-electron chi connectivity index (χ2n) is 5.37. The van der Waals surface area contributed by atoms with Gasteiger partial charge in [-0.05, 0) is 30.8 Å². The molecule has 2 heterocycles. The van der Waals surface area contributed by atoms with Crippen LogP contribution in [-0.2, 0) is 0 Å². The lowest BCUT2D eigenvalue weighted by atomic mass is 10.3. The monoisotopic (exact) mass is 302 g/mol. The Morgan fingerprint density at radius 2 is 1.86 bits per heavy atom. The summed E-state index contributed by atoms with van der Waals surface area (Å²) in [5.74, 6) is -0.328. The highest BCUT2D eigenvalue weighted by atomic mass is 19.1. The first-order chi connectivity index (χ1) is 10.7. The lowest BCUT2D eigenvalue weighted by Gasteiger charge is -2.33. The predicted molar refractivity (Wildman–Crippen MR) is 81.5 cm³/mol. The number of aromatic nitrogens is 2. The predicted octanol–water partition coefficient (Wildman–Crippen LogP) is 1.79. The second-order valence-corrected chi connectivity index (χ2v) is 5.37. The highest BCUT2D eigenvalue weighted by molar-refractivity contribution is 5.92. The number of carbonyl (C=O) groups excluding carboxylic acids is 1. The highest BCUT2D eigenvalue weighted by Crippen LogP contribution is 2.12. The van der Waals surface area contributed by atoms with Crippen LogP contribution in [0.1, 0.15) is 17.4 Å². The maximum Gasteiger partial charge on any atom is 0.274 e. The number of imidazole rings is 1. The molecular weight excluding hydrogens is 283 g/mol. The van der Waals surface area contributed by atoms with Crippen molar-refractivity contribution in [2.45, 2.75) is 6.92 Å². The van der Waals surface area contributed by atoms with Gasteiger partial charge in [-0.2, -0.15) is 0 Å². The maximum atomic E-state index is 12.9. The van der Waals surface area contributed by atoms with Gasteiger partial charge in [0.2, 0.25) is 0 Å². The van der Waals surface area contributed by atoms with E-state index in [9.17, 15) is 9.18 Å². The van der Waals surface area contributed by atoms with Crippen LogP contribution in [0.15, 0.2) is 36.8 Å². The summed E-state index contributed by atoms with van der Waals surface area (Å²) in [7, 11) is 0. The Hall–Kier alpha value is -2.21. The second kappa shape index (κ2) is 6.27. The standard InChI is InChI=1S/C16H19FN4O/c1-2-19-7-9-20(10-8-19)16(22)15-11-21(12-18-15)14-5-3-13(17)4-6-14/h3-6,11-12H,2,7-10H2,1H3. The summed E-state index contributed by atoms with van der Waals surface area (Å²) in [6.07, 6.45) is 3.28. The lowest BCUT2D eigenvalue weighted by Crippen LogP contribution is -2.48. The first kappa shape index (κ1) is 14.7. The van der Waals surface area contributed by atoms with E-state index in [1.165, 1.54) is 12.1 Å². The minimum atomic E-state index is -0.283. The molecule has 0 aliphatic carbocycles. The molecule has 0 spiro atoms. The van der Waals surface area contributed by atoms with E-state index in [1.807, 2.05) is 4.90 Å². The van der Waals surface area contributed by atoms with E-state index in [2.05, 4.69) is 16.8 Å². The van der Waals surface area contributed by atoms with Crippen LogP contribution >= 0.6 is 0 Å². The van der Waals surface area contributed by atoms with Gasteiger partial charge in [0.05, 0.1) is 0 Å². The van der Waals surface area contributed by atoms with Gasteiger partial charge in [-0.15, -0.1) is 0 Å². The summed E-state index contributed by atoms with van der Waals surface area (Å²) < 4.78 is 14.7. The Kier molecular flexibility index (Phi) is 4.20. The number of amides is 1. The molecule has 1 amide bonds. The van der Waals surface area contributed by atoms with Gasteiger partial charge in [0.15, 0.2) is 0 Å². The van der Waals surface area contributed by atoms with Gasteiger partial charge < -0.3 is 14.4 Å². The van der Waals surface area contributed by atoms with Gasteiger partial charge in [-0.3, -0.25) is 4.79 Å². The van der Waals surface area contributed by atoms with Crippen LogP contribution in [0.5, 0.6) is 0 Å². The molecule has 1 aromatic heterocycles. The van der Waals surface area contributed by atoms with Crippen molar-refractivity contribution in [3.63, 3.8) is 0 Å². The lowest BCUT2D eigenvalue weighted by molar-refractivity contribution is 0.0638. The fraction of sp³-hybridized carbons (Fsp3) is 0.375. The number of nitrogens with zero attached hydrogens (tertiary/aromatic N) is 4. The Balaban J connectivity index is 1.71. The zero-order valence-corrected chi connectivity index (χ0v) is 12.6. The average molecular weight is 302 g/mol. The molecule has 1 saturated heterocycles. The van der Waals surface area contributed by atoms with Gasteiger partial charge in [-0.25, -0.2) is 9.37 Å². The summed E-state index contributed by atoms with van der Waals surface area (Å²) in [6, 6.07) is 6.10. The fourth-order valence-electron chi connectivity index (χ4n) is 2.62. The number of halogens is 1. The van der Waals surface area contributed by atoms with Gasteiger partial charge in [0.1, 0.15) is 17.8 Å². The van der Waals surface area contributed by atoms with E-state index in [1.54, 1.807) is 29.2 Å². The first-order valence-corrected chi connectivity index (χ1v) is 7.49. The zero-order valence-electron chi connectivity index (χ0n) is 12.6. The Morgan fingerprint density at radius 3 is 2.50 bits per heavy atom. The van der Waals surface area contributed by atoms with Crippen LogP contribution in [0.4, 0.5) is 4.39 Å². The Bertz CT molecular complexity index is 644. The smallest absolute Gasteiger partial charge is 0.274 e. The highest BCUT2D eigenvalue weighted by Gasteiger charge is 2.22. The molecule has 0 radical (unpaired) electrons. The number of benzene rings is 1. The molecule has 1 aliphatic rings. The Morgan fingerprint density at radius 1 is 1.18 bits per heavy atom.